The van der Waals surface area contributed by atoms with E-state index in [9.17, 15) is 4.79 Å². The first kappa shape index (κ1) is 14.3. The van der Waals surface area contributed by atoms with Gasteiger partial charge in [-0.1, -0.05) is 11.8 Å². The molecule has 5 nitrogen and oxygen atoms in total. The SMILES string of the molecule is CC(=O)SC1CCNC/C1=C\c1ccn(CCO)n1. The minimum absolute atomic E-state index is 0.0854. The number of aliphatic hydroxyl groups is 1. The van der Waals surface area contributed by atoms with Gasteiger partial charge in [0.2, 0.25) is 0 Å². The molecule has 1 aliphatic heterocycles. The standard InChI is InChI=1S/C13H19N3O2S/c1-10(18)19-13-2-4-14-9-11(13)8-12-3-5-16(15-12)6-7-17/h3,5,8,13-14,17H,2,4,6-7,9H2,1H3/b11-8+. The lowest BCUT2D eigenvalue weighted by Gasteiger charge is -2.24. The number of aliphatic hydroxyl groups excluding tert-OH is 1. The maximum absolute atomic E-state index is 11.3. The molecule has 1 aromatic heterocycles. The summed E-state index contributed by atoms with van der Waals surface area (Å²) in [6.07, 6.45) is 4.86. The van der Waals surface area contributed by atoms with Crippen molar-refractivity contribution in [1.29, 1.82) is 0 Å². The van der Waals surface area contributed by atoms with Crippen molar-refractivity contribution in [3.8, 4) is 0 Å². The second kappa shape index (κ2) is 6.88. The molecule has 104 valence electrons. The van der Waals surface area contributed by atoms with Crippen molar-refractivity contribution in [3.05, 3.63) is 23.5 Å². The maximum Gasteiger partial charge on any atom is 0.186 e. The lowest BCUT2D eigenvalue weighted by Crippen LogP contribution is -2.32. The number of hydrogen-bond acceptors (Lipinski definition) is 5. The van der Waals surface area contributed by atoms with Crippen LogP contribution in [0.1, 0.15) is 19.0 Å². The molecule has 0 aliphatic carbocycles. The van der Waals surface area contributed by atoms with E-state index in [0.29, 0.717) is 6.54 Å². The van der Waals surface area contributed by atoms with Gasteiger partial charge in [0.05, 0.1) is 18.8 Å². The molecule has 1 saturated heterocycles. The summed E-state index contributed by atoms with van der Waals surface area (Å²) in [6, 6.07) is 1.92. The first-order valence-electron chi connectivity index (χ1n) is 6.42. The average molecular weight is 281 g/mol. The third kappa shape index (κ3) is 4.19. The maximum atomic E-state index is 11.3. The van der Waals surface area contributed by atoms with E-state index in [1.165, 1.54) is 17.3 Å². The largest absolute Gasteiger partial charge is 0.394 e. The Balaban J connectivity index is 2.11. The van der Waals surface area contributed by atoms with Crippen molar-refractivity contribution in [3.63, 3.8) is 0 Å². The van der Waals surface area contributed by atoms with Crippen LogP contribution in [-0.2, 0) is 11.3 Å². The Bertz CT molecular complexity index is 470. The van der Waals surface area contributed by atoms with E-state index in [2.05, 4.69) is 10.4 Å². The Kier molecular flexibility index (Phi) is 5.18. The summed E-state index contributed by atoms with van der Waals surface area (Å²) in [6.45, 7) is 3.95. The van der Waals surface area contributed by atoms with Gasteiger partial charge in [0.25, 0.3) is 0 Å². The highest BCUT2D eigenvalue weighted by Gasteiger charge is 2.20. The highest BCUT2D eigenvalue weighted by atomic mass is 32.2. The van der Waals surface area contributed by atoms with Crippen LogP contribution in [0.3, 0.4) is 0 Å². The summed E-state index contributed by atoms with van der Waals surface area (Å²) in [4.78, 5) is 11.3. The molecule has 0 spiro atoms. The molecule has 1 unspecified atom stereocenters. The first-order valence-corrected chi connectivity index (χ1v) is 7.29. The van der Waals surface area contributed by atoms with Gasteiger partial charge < -0.3 is 10.4 Å². The Labute approximate surface area is 117 Å². The van der Waals surface area contributed by atoms with Gasteiger partial charge in [0, 0.05) is 24.9 Å². The van der Waals surface area contributed by atoms with Crippen LogP contribution in [0.25, 0.3) is 6.08 Å². The lowest BCUT2D eigenvalue weighted by atomic mass is 10.0. The van der Waals surface area contributed by atoms with Crippen LogP contribution < -0.4 is 5.32 Å². The van der Waals surface area contributed by atoms with E-state index in [-0.39, 0.29) is 17.0 Å². The molecule has 2 N–H and O–H groups in total. The summed E-state index contributed by atoms with van der Waals surface area (Å²) < 4.78 is 1.72. The van der Waals surface area contributed by atoms with E-state index in [4.69, 9.17) is 5.11 Å². The van der Waals surface area contributed by atoms with Crippen molar-refractivity contribution in [2.45, 2.75) is 25.1 Å². The van der Waals surface area contributed by atoms with E-state index in [1.54, 1.807) is 11.6 Å². The van der Waals surface area contributed by atoms with Crippen molar-refractivity contribution < 1.29 is 9.90 Å². The normalized spacial score (nSPS) is 21.8. The van der Waals surface area contributed by atoms with Crippen LogP contribution in [0, 0.1) is 0 Å². The minimum Gasteiger partial charge on any atom is -0.394 e. The third-order valence-corrected chi connectivity index (χ3v) is 4.11. The number of aromatic nitrogens is 2. The predicted molar refractivity (Wildman–Crippen MR) is 76.8 cm³/mol. The fraction of sp³-hybridized carbons (Fsp3) is 0.538. The van der Waals surface area contributed by atoms with Gasteiger partial charge in [0.15, 0.2) is 5.12 Å². The van der Waals surface area contributed by atoms with Crippen LogP contribution in [0.5, 0.6) is 0 Å². The van der Waals surface area contributed by atoms with Crippen LogP contribution in [-0.4, -0.2) is 44.9 Å². The molecule has 1 aromatic rings. The number of rotatable bonds is 4. The highest BCUT2D eigenvalue weighted by molar-refractivity contribution is 8.14. The second-order valence-electron chi connectivity index (χ2n) is 4.51. The molecular formula is C13H19N3O2S. The number of thioether (sulfide) groups is 1. The molecule has 0 radical (unpaired) electrons. The van der Waals surface area contributed by atoms with Gasteiger partial charge in [-0.2, -0.15) is 5.10 Å². The van der Waals surface area contributed by atoms with Crippen LogP contribution in [0.4, 0.5) is 0 Å². The molecule has 1 aliphatic rings. The van der Waals surface area contributed by atoms with Crippen LogP contribution in [0.15, 0.2) is 17.8 Å². The molecule has 6 heteroatoms. The Morgan fingerprint density at radius 3 is 3.32 bits per heavy atom. The fourth-order valence-electron chi connectivity index (χ4n) is 2.12. The molecule has 1 fully saturated rings. The molecule has 0 aromatic carbocycles. The molecule has 1 atom stereocenters. The van der Waals surface area contributed by atoms with Gasteiger partial charge in [-0.25, -0.2) is 0 Å². The van der Waals surface area contributed by atoms with Crippen molar-refractivity contribution >= 4 is 23.0 Å². The minimum atomic E-state index is 0.0854. The van der Waals surface area contributed by atoms with E-state index in [1.807, 2.05) is 18.3 Å². The monoisotopic (exact) mass is 281 g/mol. The van der Waals surface area contributed by atoms with Crippen molar-refractivity contribution in [2.24, 2.45) is 0 Å². The van der Waals surface area contributed by atoms with Gasteiger partial charge in [-0.3, -0.25) is 9.48 Å². The quantitative estimate of drug-likeness (QED) is 0.858. The lowest BCUT2D eigenvalue weighted by molar-refractivity contribution is -0.109. The number of piperidine rings is 1. The van der Waals surface area contributed by atoms with E-state index in [0.717, 1.165) is 25.2 Å². The molecule has 0 amide bonds. The predicted octanol–water partition coefficient (Wildman–Crippen LogP) is 0.900. The number of carbonyl (C=O) groups is 1. The first-order chi connectivity index (χ1) is 9.19. The molecular weight excluding hydrogens is 262 g/mol. The van der Waals surface area contributed by atoms with Gasteiger partial charge in [-0.15, -0.1) is 0 Å². The molecule has 2 heterocycles. The average Bonchev–Trinajstić information content (AvgIpc) is 2.79. The number of carbonyl (C=O) groups excluding carboxylic acids is 1. The summed E-state index contributed by atoms with van der Waals surface area (Å²) in [5.41, 5.74) is 2.09. The summed E-state index contributed by atoms with van der Waals surface area (Å²) in [7, 11) is 0. The number of hydrogen-bond donors (Lipinski definition) is 2. The Hall–Kier alpha value is -1.11. The summed E-state index contributed by atoms with van der Waals surface area (Å²) in [5.74, 6) is 0. The number of nitrogens with zero attached hydrogens (tertiary/aromatic N) is 2. The molecule has 2 rings (SSSR count). The molecule has 0 saturated carbocycles. The van der Waals surface area contributed by atoms with Crippen LogP contribution >= 0.6 is 11.8 Å². The fourth-order valence-corrected chi connectivity index (χ4v) is 3.05. The summed E-state index contributed by atoms with van der Waals surface area (Å²) in [5, 5.41) is 17.0. The smallest absolute Gasteiger partial charge is 0.186 e. The molecule has 19 heavy (non-hydrogen) atoms. The van der Waals surface area contributed by atoms with Crippen molar-refractivity contribution in [2.75, 3.05) is 19.7 Å². The Morgan fingerprint density at radius 1 is 1.74 bits per heavy atom. The Morgan fingerprint density at radius 2 is 2.58 bits per heavy atom. The second-order valence-corrected chi connectivity index (χ2v) is 5.89. The summed E-state index contributed by atoms with van der Waals surface area (Å²) >= 11 is 1.40. The van der Waals surface area contributed by atoms with E-state index >= 15 is 0 Å². The zero-order chi connectivity index (χ0) is 13.7. The van der Waals surface area contributed by atoms with Gasteiger partial charge in [-0.05, 0) is 30.7 Å². The third-order valence-electron chi connectivity index (χ3n) is 2.96. The molecule has 0 bridgehead atoms. The van der Waals surface area contributed by atoms with E-state index < -0.39 is 0 Å². The zero-order valence-corrected chi connectivity index (χ0v) is 11.8. The van der Waals surface area contributed by atoms with Crippen molar-refractivity contribution in [1.82, 2.24) is 15.1 Å². The van der Waals surface area contributed by atoms with Gasteiger partial charge in [0.1, 0.15) is 0 Å². The number of nitrogens with one attached hydrogen (secondary N) is 1. The highest BCUT2D eigenvalue weighted by Crippen LogP contribution is 2.26. The topological polar surface area (TPSA) is 67.2 Å². The van der Waals surface area contributed by atoms with Gasteiger partial charge >= 0.3 is 0 Å². The van der Waals surface area contributed by atoms with Crippen LogP contribution in [0.2, 0.25) is 0 Å². The zero-order valence-electron chi connectivity index (χ0n) is 11.0.